The molecule has 1 aromatic carbocycles. The first-order valence-electron chi connectivity index (χ1n) is 7.69. The van der Waals surface area contributed by atoms with Crippen LogP contribution in [-0.2, 0) is 6.42 Å². The van der Waals surface area contributed by atoms with Crippen LogP contribution >= 0.6 is 0 Å². The van der Waals surface area contributed by atoms with E-state index in [0.717, 1.165) is 43.0 Å². The fraction of sp³-hybridized carbons (Fsp3) is 0.438. The average Bonchev–Trinajstić information content (AvgIpc) is 2.89. The zero-order valence-electron chi connectivity index (χ0n) is 12.3. The standard InChI is InChI=1S/C16H21N5/c1-10-4-5-11(9-13(10)17)14-6-8-19-16-12-3-2-7-18-15(12)20-21(14)16/h4-5,9,14,19H,2-3,6-8,17H2,1H3,(H,18,20). The van der Waals surface area contributed by atoms with Crippen molar-refractivity contribution in [2.45, 2.75) is 32.2 Å². The summed E-state index contributed by atoms with van der Waals surface area (Å²) in [7, 11) is 0. The van der Waals surface area contributed by atoms with E-state index in [1.54, 1.807) is 0 Å². The van der Waals surface area contributed by atoms with Gasteiger partial charge in [-0.05, 0) is 43.4 Å². The van der Waals surface area contributed by atoms with Gasteiger partial charge in [-0.2, -0.15) is 5.10 Å². The van der Waals surface area contributed by atoms with Crippen molar-refractivity contribution in [3.63, 3.8) is 0 Å². The van der Waals surface area contributed by atoms with Crippen molar-refractivity contribution >= 4 is 17.3 Å². The van der Waals surface area contributed by atoms with Crippen LogP contribution in [0.4, 0.5) is 17.3 Å². The van der Waals surface area contributed by atoms with Gasteiger partial charge in [0, 0.05) is 24.3 Å². The molecule has 3 heterocycles. The number of hydrogen-bond acceptors (Lipinski definition) is 4. The molecule has 5 nitrogen and oxygen atoms in total. The van der Waals surface area contributed by atoms with Crippen LogP contribution in [0.15, 0.2) is 18.2 Å². The Morgan fingerprint density at radius 3 is 3.05 bits per heavy atom. The lowest BCUT2D eigenvalue weighted by atomic mass is 9.99. The van der Waals surface area contributed by atoms with Gasteiger partial charge in [0.15, 0.2) is 5.82 Å². The van der Waals surface area contributed by atoms with Gasteiger partial charge in [0.2, 0.25) is 0 Å². The molecule has 21 heavy (non-hydrogen) atoms. The molecule has 0 fully saturated rings. The number of aromatic nitrogens is 2. The first-order valence-corrected chi connectivity index (χ1v) is 7.69. The molecule has 0 aliphatic carbocycles. The van der Waals surface area contributed by atoms with Gasteiger partial charge in [0.25, 0.3) is 0 Å². The Morgan fingerprint density at radius 1 is 1.29 bits per heavy atom. The number of anilines is 3. The third-order valence-electron chi connectivity index (χ3n) is 4.60. The Hall–Kier alpha value is -2.17. The smallest absolute Gasteiger partial charge is 0.153 e. The second kappa shape index (κ2) is 4.69. The number of aryl methyl sites for hydroxylation is 1. The summed E-state index contributed by atoms with van der Waals surface area (Å²) in [5.41, 5.74) is 10.7. The Bertz CT molecular complexity index is 688. The summed E-state index contributed by atoms with van der Waals surface area (Å²) in [5.74, 6) is 2.24. The van der Waals surface area contributed by atoms with E-state index in [9.17, 15) is 0 Å². The zero-order chi connectivity index (χ0) is 14.4. The summed E-state index contributed by atoms with van der Waals surface area (Å²) in [4.78, 5) is 0. The van der Waals surface area contributed by atoms with Crippen LogP contribution < -0.4 is 16.4 Å². The maximum atomic E-state index is 6.09. The minimum absolute atomic E-state index is 0.275. The van der Waals surface area contributed by atoms with Gasteiger partial charge in [-0.15, -0.1) is 0 Å². The summed E-state index contributed by atoms with van der Waals surface area (Å²) in [6, 6.07) is 6.66. The van der Waals surface area contributed by atoms with Gasteiger partial charge in [-0.1, -0.05) is 12.1 Å². The fourth-order valence-electron chi connectivity index (χ4n) is 3.36. The maximum absolute atomic E-state index is 6.09. The number of rotatable bonds is 1. The molecule has 0 radical (unpaired) electrons. The van der Waals surface area contributed by atoms with Gasteiger partial charge in [0.05, 0.1) is 6.04 Å². The lowest BCUT2D eigenvalue weighted by Crippen LogP contribution is -2.25. The molecule has 1 aromatic heterocycles. The van der Waals surface area contributed by atoms with Crippen molar-refractivity contribution in [3.05, 3.63) is 34.9 Å². The minimum Gasteiger partial charge on any atom is -0.399 e. The normalized spacial score (nSPS) is 20.1. The quantitative estimate of drug-likeness (QED) is 0.704. The maximum Gasteiger partial charge on any atom is 0.153 e. The van der Waals surface area contributed by atoms with E-state index in [2.05, 4.69) is 33.5 Å². The van der Waals surface area contributed by atoms with E-state index in [4.69, 9.17) is 10.8 Å². The topological polar surface area (TPSA) is 67.9 Å². The molecule has 1 atom stereocenters. The Labute approximate surface area is 124 Å². The molecule has 110 valence electrons. The summed E-state index contributed by atoms with van der Waals surface area (Å²) in [6.07, 6.45) is 3.32. The van der Waals surface area contributed by atoms with Crippen LogP contribution in [0, 0.1) is 6.92 Å². The zero-order valence-corrected chi connectivity index (χ0v) is 12.3. The average molecular weight is 283 g/mol. The first-order chi connectivity index (χ1) is 10.2. The number of benzene rings is 1. The Balaban J connectivity index is 1.79. The molecule has 0 saturated carbocycles. The predicted molar refractivity (Wildman–Crippen MR) is 85.9 cm³/mol. The van der Waals surface area contributed by atoms with E-state index >= 15 is 0 Å². The van der Waals surface area contributed by atoms with Crippen LogP contribution in [0.2, 0.25) is 0 Å². The van der Waals surface area contributed by atoms with Crippen molar-refractivity contribution in [2.24, 2.45) is 0 Å². The lowest BCUT2D eigenvalue weighted by molar-refractivity contribution is 0.483. The minimum atomic E-state index is 0.275. The van der Waals surface area contributed by atoms with Gasteiger partial charge < -0.3 is 16.4 Å². The molecule has 0 amide bonds. The van der Waals surface area contributed by atoms with E-state index in [-0.39, 0.29) is 6.04 Å². The Kier molecular flexibility index (Phi) is 2.80. The van der Waals surface area contributed by atoms with Gasteiger partial charge in [-0.25, -0.2) is 4.68 Å². The number of nitrogen functional groups attached to an aromatic ring is 1. The summed E-state index contributed by atoms with van der Waals surface area (Å²) >= 11 is 0. The summed E-state index contributed by atoms with van der Waals surface area (Å²) < 4.78 is 2.15. The van der Waals surface area contributed by atoms with Crippen LogP contribution in [-0.4, -0.2) is 22.9 Å². The highest BCUT2D eigenvalue weighted by Gasteiger charge is 2.28. The SMILES string of the molecule is Cc1ccc(C2CCNc3c4c(nn32)NCCC4)cc1N. The molecule has 4 N–H and O–H groups in total. The van der Waals surface area contributed by atoms with Gasteiger partial charge >= 0.3 is 0 Å². The summed E-state index contributed by atoms with van der Waals surface area (Å²) in [6.45, 7) is 4.05. The van der Waals surface area contributed by atoms with Gasteiger partial charge in [-0.3, -0.25) is 0 Å². The fourth-order valence-corrected chi connectivity index (χ4v) is 3.36. The third-order valence-corrected chi connectivity index (χ3v) is 4.60. The van der Waals surface area contributed by atoms with E-state index in [1.165, 1.54) is 23.4 Å². The molecule has 0 bridgehead atoms. The largest absolute Gasteiger partial charge is 0.399 e. The number of nitrogens with zero attached hydrogens (tertiary/aromatic N) is 2. The van der Waals surface area contributed by atoms with Crippen molar-refractivity contribution in [3.8, 4) is 0 Å². The third kappa shape index (κ3) is 1.95. The molecular weight excluding hydrogens is 262 g/mol. The molecule has 4 rings (SSSR count). The molecule has 2 aliphatic heterocycles. The lowest BCUT2D eigenvalue weighted by Gasteiger charge is -2.27. The van der Waals surface area contributed by atoms with Gasteiger partial charge in [0.1, 0.15) is 5.82 Å². The molecular formula is C16H21N5. The van der Waals surface area contributed by atoms with Crippen molar-refractivity contribution in [2.75, 3.05) is 29.5 Å². The monoisotopic (exact) mass is 283 g/mol. The van der Waals surface area contributed by atoms with Crippen molar-refractivity contribution in [1.82, 2.24) is 9.78 Å². The van der Waals surface area contributed by atoms with Crippen LogP contribution in [0.3, 0.4) is 0 Å². The van der Waals surface area contributed by atoms with E-state index in [0.29, 0.717) is 0 Å². The van der Waals surface area contributed by atoms with E-state index in [1.807, 2.05) is 6.92 Å². The van der Waals surface area contributed by atoms with Crippen molar-refractivity contribution < 1.29 is 0 Å². The van der Waals surface area contributed by atoms with Crippen LogP contribution in [0.1, 0.15) is 35.6 Å². The number of nitrogens with two attached hydrogens (primary N) is 1. The molecule has 0 saturated heterocycles. The first kappa shape index (κ1) is 12.6. The van der Waals surface area contributed by atoms with Crippen molar-refractivity contribution in [1.29, 1.82) is 0 Å². The molecule has 5 heteroatoms. The van der Waals surface area contributed by atoms with E-state index < -0.39 is 0 Å². The highest BCUT2D eigenvalue weighted by Crippen LogP contribution is 2.37. The second-order valence-electron chi connectivity index (χ2n) is 6.00. The van der Waals surface area contributed by atoms with Crippen LogP contribution in [0.5, 0.6) is 0 Å². The Morgan fingerprint density at radius 2 is 2.19 bits per heavy atom. The molecule has 0 spiro atoms. The van der Waals surface area contributed by atoms with Crippen LogP contribution in [0.25, 0.3) is 0 Å². The predicted octanol–water partition coefficient (Wildman–Crippen LogP) is 2.54. The number of fused-ring (bicyclic) bond motifs is 3. The highest BCUT2D eigenvalue weighted by molar-refractivity contribution is 5.62. The number of nitrogens with one attached hydrogen (secondary N) is 2. The molecule has 2 aliphatic rings. The summed E-state index contributed by atoms with van der Waals surface area (Å²) in [5, 5.41) is 11.7. The second-order valence-corrected chi connectivity index (χ2v) is 6.00. The molecule has 2 aromatic rings. The highest BCUT2D eigenvalue weighted by atomic mass is 15.4. The molecule has 1 unspecified atom stereocenters. The number of hydrogen-bond donors (Lipinski definition) is 3.